The van der Waals surface area contributed by atoms with Crippen LogP contribution in [-0.4, -0.2) is 24.2 Å². The van der Waals surface area contributed by atoms with Crippen molar-refractivity contribution < 1.29 is 25.8 Å². The van der Waals surface area contributed by atoms with Gasteiger partial charge in [-0.05, 0) is 6.07 Å². The molecule has 0 aliphatic carbocycles. The monoisotopic (exact) mass is 301 g/mol. The second-order valence-corrected chi connectivity index (χ2v) is 6.63. The predicted octanol–water partition coefficient (Wildman–Crippen LogP) is 2.81. The van der Waals surface area contributed by atoms with Crippen LogP contribution < -0.4 is 4.18 Å². The van der Waals surface area contributed by atoms with E-state index in [2.05, 4.69) is 9.17 Å². The minimum Gasteiger partial charge on any atom is -0.373 e. The Balaban J connectivity index is 3.05. The van der Waals surface area contributed by atoms with Crippen LogP contribution in [0.25, 0.3) is 0 Å². The van der Waals surface area contributed by atoms with Gasteiger partial charge in [-0.1, -0.05) is 13.8 Å². The third kappa shape index (κ3) is 3.77. The van der Waals surface area contributed by atoms with Crippen LogP contribution >= 0.6 is 11.8 Å². The predicted molar refractivity (Wildman–Crippen MR) is 60.8 cm³/mol. The van der Waals surface area contributed by atoms with Crippen LogP contribution in [0.5, 0.6) is 5.75 Å². The third-order valence-electron chi connectivity index (χ3n) is 1.59. The Labute approximate surface area is 107 Å². The molecule has 0 fully saturated rings. The van der Waals surface area contributed by atoms with Gasteiger partial charge in [-0.2, -0.15) is 21.6 Å². The quantitative estimate of drug-likeness (QED) is 0.486. The largest absolute Gasteiger partial charge is 0.534 e. The fraction of sp³-hybridized carbons (Fsp3) is 0.444. The summed E-state index contributed by atoms with van der Waals surface area (Å²) in [7, 11) is -5.66. The molecular weight excluding hydrogens is 291 g/mol. The molecular formula is C9H10F3NO3S2. The first-order valence-corrected chi connectivity index (χ1v) is 7.03. The molecule has 1 aromatic rings. The Hall–Kier alpha value is -0.960. The molecule has 0 atom stereocenters. The van der Waals surface area contributed by atoms with Crippen molar-refractivity contribution in [2.75, 3.05) is 0 Å². The third-order valence-corrected chi connectivity index (χ3v) is 3.62. The minimum absolute atomic E-state index is 0.0586. The Bertz CT molecular complexity index is 514. The number of halogens is 3. The van der Waals surface area contributed by atoms with Gasteiger partial charge in [0.15, 0.2) is 5.75 Å². The van der Waals surface area contributed by atoms with Gasteiger partial charge >= 0.3 is 15.6 Å². The first-order chi connectivity index (χ1) is 8.13. The Morgan fingerprint density at radius 3 is 2.50 bits per heavy atom. The molecule has 0 N–H and O–H groups in total. The normalized spacial score (nSPS) is 12.8. The number of thioether (sulfide) groups is 1. The molecule has 0 saturated carbocycles. The fourth-order valence-corrected chi connectivity index (χ4v) is 2.32. The molecule has 1 heterocycles. The van der Waals surface area contributed by atoms with E-state index in [1.807, 2.05) is 13.8 Å². The highest BCUT2D eigenvalue weighted by Crippen LogP contribution is 2.34. The number of alkyl halides is 3. The van der Waals surface area contributed by atoms with E-state index in [4.69, 9.17) is 0 Å². The van der Waals surface area contributed by atoms with Crippen molar-refractivity contribution in [1.29, 1.82) is 0 Å². The van der Waals surface area contributed by atoms with Gasteiger partial charge in [-0.3, -0.25) is 4.98 Å². The van der Waals surface area contributed by atoms with Crippen LogP contribution in [0.1, 0.15) is 13.8 Å². The standard InChI is InChI=1S/C9H10F3NO3S2/c1-6(2)17-8-3-4-13-5-7(8)16-18(14,15)9(10,11)12/h3-6H,1-2H3. The van der Waals surface area contributed by atoms with Crippen LogP contribution in [0.3, 0.4) is 0 Å². The second-order valence-electron chi connectivity index (χ2n) is 3.47. The summed E-state index contributed by atoms with van der Waals surface area (Å²) in [5, 5.41) is 0.0586. The number of rotatable bonds is 4. The van der Waals surface area contributed by atoms with Crippen LogP contribution in [0, 0.1) is 0 Å². The van der Waals surface area contributed by atoms with Crippen molar-refractivity contribution in [2.45, 2.75) is 29.5 Å². The summed E-state index contributed by atoms with van der Waals surface area (Å²) in [4.78, 5) is 3.83. The van der Waals surface area contributed by atoms with Crippen LogP contribution in [-0.2, 0) is 10.1 Å². The van der Waals surface area contributed by atoms with Gasteiger partial charge < -0.3 is 4.18 Å². The summed E-state index contributed by atoms with van der Waals surface area (Å²) in [6.45, 7) is 3.63. The van der Waals surface area contributed by atoms with Gasteiger partial charge in [0.2, 0.25) is 0 Å². The lowest BCUT2D eigenvalue weighted by Gasteiger charge is -2.13. The molecule has 18 heavy (non-hydrogen) atoms. The molecule has 0 aromatic carbocycles. The summed E-state index contributed by atoms with van der Waals surface area (Å²) in [5.41, 5.74) is -5.46. The summed E-state index contributed by atoms with van der Waals surface area (Å²) >= 11 is 1.18. The van der Waals surface area contributed by atoms with Gasteiger partial charge in [0.1, 0.15) is 0 Å². The summed E-state index contributed by atoms with van der Waals surface area (Å²) < 4.78 is 62.3. The van der Waals surface area contributed by atoms with Gasteiger partial charge in [-0.25, -0.2) is 0 Å². The lowest BCUT2D eigenvalue weighted by Crippen LogP contribution is -2.28. The topological polar surface area (TPSA) is 56.3 Å². The zero-order valence-electron chi connectivity index (χ0n) is 9.43. The number of hydrogen-bond acceptors (Lipinski definition) is 5. The molecule has 102 valence electrons. The molecule has 9 heteroatoms. The highest BCUT2D eigenvalue weighted by Gasteiger charge is 2.48. The van der Waals surface area contributed by atoms with E-state index < -0.39 is 21.4 Å². The van der Waals surface area contributed by atoms with E-state index in [1.54, 1.807) is 0 Å². The van der Waals surface area contributed by atoms with E-state index in [9.17, 15) is 21.6 Å². The average molecular weight is 301 g/mol. The van der Waals surface area contributed by atoms with Crippen LogP contribution in [0.2, 0.25) is 0 Å². The number of hydrogen-bond donors (Lipinski definition) is 0. The smallest absolute Gasteiger partial charge is 0.373 e. The number of pyridine rings is 1. The van der Waals surface area contributed by atoms with Crippen molar-refractivity contribution in [2.24, 2.45) is 0 Å². The SMILES string of the molecule is CC(C)Sc1ccncc1OS(=O)(=O)C(F)(F)F. The van der Waals surface area contributed by atoms with Crippen molar-refractivity contribution in [1.82, 2.24) is 4.98 Å². The van der Waals surface area contributed by atoms with Crippen LogP contribution in [0.15, 0.2) is 23.4 Å². The summed E-state index contributed by atoms with van der Waals surface area (Å²) in [6, 6.07) is 1.39. The number of aromatic nitrogens is 1. The molecule has 0 aliphatic rings. The Morgan fingerprint density at radius 1 is 1.39 bits per heavy atom. The van der Waals surface area contributed by atoms with Gasteiger partial charge in [0.25, 0.3) is 0 Å². The van der Waals surface area contributed by atoms with Crippen LogP contribution in [0.4, 0.5) is 13.2 Å². The van der Waals surface area contributed by atoms with Gasteiger partial charge in [-0.15, -0.1) is 11.8 Å². The highest BCUT2D eigenvalue weighted by molar-refractivity contribution is 8.00. The van der Waals surface area contributed by atoms with Gasteiger partial charge in [0.05, 0.1) is 11.1 Å². The number of nitrogens with zero attached hydrogens (tertiary/aromatic N) is 1. The molecule has 1 aromatic heterocycles. The Kier molecular flexibility index (Phi) is 4.49. The Morgan fingerprint density at radius 2 is 2.00 bits per heavy atom. The summed E-state index contributed by atoms with van der Waals surface area (Å²) in [6.07, 6.45) is 2.28. The first-order valence-electron chi connectivity index (χ1n) is 4.75. The maximum absolute atomic E-state index is 12.2. The lowest BCUT2D eigenvalue weighted by atomic mass is 10.5. The van der Waals surface area contributed by atoms with Crippen molar-refractivity contribution in [3.8, 4) is 5.75 Å². The van der Waals surface area contributed by atoms with Gasteiger partial charge in [0, 0.05) is 11.4 Å². The zero-order valence-corrected chi connectivity index (χ0v) is 11.1. The average Bonchev–Trinajstić information content (AvgIpc) is 2.18. The van der Waals surface area contributed by atoms with E-state index in [-0.39, 0.29) is 10.1 Å². The summed E-state index contributed by atoms with van der Waals surface area (Å²) in [5.74, 6) is -0.423. The minimum atomic E-state index is -5.66. The van der Waals surface area contributed by atoms with E-state index in [0.717, 1.165) is 6.20 Å². The van der Waals surface area contributed by atoms with Crippen molar-refractivity contribution in [3.63, 3.8) is 0 Å². The first kappa shape index (κ1) is 15.1. The maximum Gasteiger partial charge on any atom is 0.534 e. The molecule has 4 nitrogen and oxygen atoms in total. The highest BCUT2D eigenvalue weighted by atomic mass is 32.2. The molecule has 0 amide bonds. The van der Waals surface area contributed by atoms with Crippen molar-refractivity contribution >= 4 is 21.9 Å². The molecule has 0 radical (unpaired) electrons. The maximum atomic E-state index is 12.2. The van der Waals surface area contributed by atoms with E-state index in [1.165, 1.54) is 24.0 Å². The molecule has 0 saturated heterocycles. The van der Waals surface area contributed by atoms with E-state index in [0.29, 0.717) is 0 Å². The zero-order chi connectivity index (χ0) is 14.0. The molecule has 0 unspecified atom stereocenters. The molecule has 0 aliphatic heterocycles. The molecule has 0 spiro atoms. The van der Waals surface area contributed by atoms with Crippen molar-refractivity contribution in [3.05, 3.63) is 18.5 Å². The fourth-order valence-electron chi connectivity index (χ4n) is 0.947. The molecule has 0 bridgehead atoms. The molecule has 1 rings (SSSR count). The second kappa shape index (κ2) is 5.35. The van der Waals surface area contributed by atoms with E-state index >= 15 is 0 Å². The lowest BCUT2D eigenvalue weighted by molar-refractivity contribution is -0.0500.